The van der Waals surface area contributed by atoms with Crippen LogP contribution in [0.15, 0.2) is 54.6 Å². The van der Waals surface area contributed by atoms with Gasteiger partial charge in [0.25, 0.3) is 0 Å². The summed E-state index contributed by atoms with van der Waals surface area (Å²) in [5.74, 6) is 0.795. The topological polar surface area (TPSA) is 68.8 Å². The molecule has 1 saturated carbocycles. The molecule has 0 radical (unpaired) electrons. The minimum Gasteiger partial charge on any atom is -0.485 e. The number of benzene rings is 2. The number of rotatable bonds is 5. The SMILES string of the molecule is O=C(NC1CCCCC1)N[C@H]1CO[C@H]2[C@@H]1OC[C@@H]2Oc1ccc(-c2ccccc2)cc1. The van der Waals surface area contributed by atoms with Crippen molar-refractivity contribution >= 4 is 6.03 Å². The molecule has 5 rings (SSSR count). The molecule has 6 heteroatoms. The Kier molecular flexibility index (Phi) is 6.09. The fourth-order valence-electron chi connectivity index (χ4n) is 4.86. The van der Waals surface area contributed by atoms with Crippen LogP contribution >= 0.6 is 0 Å². The van der Waals surface area contributed by atoms with Gasteiger partial charge in [-0.25, -0.2) is 4.79 Å². The Labute approximate surface area is 183 Å². The summed E-state index contributed by atoms with van der Waals surface area (Å²) in [6.07, 6.45) is 5.25. The third-order valence-corrected chi connectivity index (χ3v) is 6.51. The second kappa shape index (κ2) is 9.28. The average molecular weight is 423 g/mol. The van der Waals surface area contributed by atoms with Crippen LogP contribution in [0.5, 0.6) is 5.75 Å². The minimum atomic E-state index is -0.180. The summed E-state index contributed by atoms with van der Waals surface area (Å²) in [4.78, 5) is 12.4. The average Bonchev–Trinajstić information content (AvgIpc) is 3.39. The summed E-state index contributed by atoms with van der Waals surface area (Å²) in [6.45, 7) is 0.901. The Balaban J connectivity index is 1.14. The second-order valence-corrected chi connectivity index (χ2v) is 8.70. The van der Waals surface area contributed by atoms with Crippen molar-refractivity contribution in [1.29, 1.82) is 0 Å². The maximum atomic E-state index is 12.4. The predicted molar refractivity (Wildman–Crippen MR) is 118 cm³/mol. The molecule has 0 spiro atoms. The van der Waals surface area contributed by atoms with Crippen molar-refractivity contribution in [2.75, 3.05) is 13.2 Å². The van der Waals surface area contributed by atoms with E-state index in [-0.39, 0.29) is 36.4 Å². The summed E-state index contributed by atoms with van der Waals surface area (Å²) in [5.41, 5.74) is 2.33. The van der Waals surface area contributed by atoms with Crippen LogP contribution in [0.3, 0.4) is 0 Å². The van der Waals surface area contributed by atoms with Crippen molar-refractivity contribution in [3.8, 4) is 16.9 Å². The van der Waals surface area contributed by atoms with E-state index in [1.165, 1.54) is 24.8 Å². The van der Waals surface area contributed by atoms with Crippen LogP contribution in [0.25, 0.3) is 11.1 Å². The van der Waals surface area contributed by atoms with Crippen molar-refractivity contribution in [3.63, 3.8) is 0 Å². The molecule has 1 aliphatic carbocycles. The highest BCUT2D eigenvalue weighted by molar-refractivity contribution is 5.74. The lowest BCUT2D eigenvalue weighted by atomic mass is 9.96. The second-order valence-electron chi connectivity index (χ2n) is 8.70. The highest BCUT2D eigenvalue weighted by atomic mass is 16.6. The van der Waals surface area contributed by atoms with Crippen LogP contribution in [0.2, 0.25) is 0 Å². The molecule has 2 aliphatic heterocycles. The summed E-state index contributed by atoms with van der Waals surface area (Å²) in [6, 6.07) is 18.4. The molecule has 4 atom stereocenters. The Bertz CT molecular complexity index is 867. The first-order chi connectivity index (χ1) is 15.3. The van der Waals surface area contributed by atoms with Gasteiger partial charge in [-0.15, -0.1) is 0 Å². The van der Waals surface area contributed by atoms with E-state index in [1.54, 1.807) is 0 Å². The van der Waals surface area contributed by atoms with E-state index in [1.807, 2.05) is 30.3 Å². The zero-order chi connectivity index (χ0) is 21.0. The molecule has 2 N–H and O–H groups in total. The molecule has 0 unspecified atom stereocenters. The van der Waals surface area contributed by atoms with Crippen molar-refractivity contribution in [2.45, 2.75) is 62.5 Å². The first-order valence-corrected chi connectivity index (χ1v) is 11.4. The van der Waals surface area contributed by atoms with Gasteiger partial charge in [0.2, 0.25) is 0 Å². The Morgan fingerprint density at radius 2 is 1.52 bits per heavy atom. The van der Waals surface area contributed by atoms with E-state index in [0.717, 1.165) is 24.2 Å². The number of carbonyl (C=O) groups excluding carboxylic acids is 1. The van der Waals surface area contributed by atoms with E-state index >= 15 is 0 Å². The van der Waals surface area contributed by atoms with Gasteiger partial charge in [0.1, 0.15) is 18.0 Å². The first kappa shape index (κ1) is 20.3. The number of carbonyl (C=O) groups is 1. The number of hydrogen-bond donors (Lipinski definition) is 2. The molecule has 2 amide bonds. The fraction of sp³-hybridized carbons (Fsp3) is 0.480. The van der Waals surface area contributed by atoms with Crippen LogP contribution in [0.1, 0.15) is 32.1 Å². The molecular weight excluding hydrogens is 392 g/mol. The summed E-state index contributed by atoms with van der Waals surface area (Å²) >= 11 is 0. The third-order valence-electron chi connectivity index (χ3n) is 6.51. The number of hydrogen-bond acceptors (Lipinski definition) is 4. The molecule has 31 heavy (non-hydrogen) atoms. The van der Waals surface area contributed by atoms with E-state index < -0.39 is 0 Å². The van der Waals surface area contributed by atoms with Crippen LogP contribution in [0.4, 0.5) is 4.79 Å². The summed E-state index contributed by atoms with van der Waals surface area (Å²) < 4.78 is 18.1. The van der Waals surface area contributed by atoms with Crippen molar-refractivity contribution < 1.29 is 19.0 Å². The van der Waals surface area contributed by atoms with E-state index in [0.29, 0.717) is 13.2 Å². The van der Waals surface area contributed by atoms with Crippen molar-refractivity contribution in [2.24, 2.45) is 0 Å². The molecule has 2 saturated heterocycles. The Hall–Kier alpha value is -2.57. The van der Waals surface area contributed by atoms with Gasteiger partial charge in [0, 0.05) is 6.04 Å². The van der Waals surface area contributed by atoms with E-state index in [2.05, 4.69) is 34.9 Å². The van der Waals surface area contributed by atoms with Gasteiger partial charge >= 0.3 is 6.03 Å². The molecule has 2 aromatic rings. The smallest absolute Gasteiger partial charge is 0.315 e. The van der Waals surface area contributed by atoms with Gasteiger partial charge in [-0.3, -0.25) is 0 Å². The van der Waals surface area contributed by atoms with Gasteiger partial charge in [0.05, 0.1) is 19.3 Å². The molecular formula is C25H30N2O4. The largest absolute Gasteiger partial charge is 0.485 e. The molecule has 0 bridgehead atoms. The number of nitrogens with one attached hydrogen (secondary N) is 2. The Morgan fingerprint density at radius 3 is 2.29 bits per heavy atom. The number of ether oxygens (including phenoxy) is 3. The van der Waals surface area contributed by atoms with E-state index in [4.69, 9.17) is 14.2 Å². The molecule has 6 nitrogen and oxygen atoms in total. The Morgan fingerprint density at radius 1 is 0.806 bits per heavy atom. The lowest BCUT2D eigenvalue weighted by molar-refractivity contribution is 0.0303. The predicted octanol–water partition coefficient (Wildman–Crippen LogP) is 3.90. The molecule has 2 heterocycles. The molecule has 164 valence electrons. The van der Waals surface area contributed by atoms with Gasteiger partial charge in [-0.2, -0.15) is 0 Å². The zero-order valence-corrected chi connectivity index (χ0v) is 17.7. The lowest BCUT2D eigenvalue weighted by Crippen LogP contribution is -2.51. The standard InChI is InChI=1S/C25H30N2O4/c28-25(26-19-9-5-2-6-10-19)27-21-15-29-24-22(16-30-23(21)24)31-20-13-11-18(12-14-20)17-7-3-1-4-8-17/h1,3-4,7-8,11-14,19,21-24H,2,5-6,9-10,15-16H2,(H2,26,27,28)/t21-,22-,23+,24+/m0/s1. The molecule has 3 fully saturated rings. The number of urea groups is 1. The maximum absolute atomic E-state index is 12.4. The van der Waals surface area contributed by atoms with Gasteiger partial charge in [0.15, 0.2) is 6.10 Å². The van der Waals surface area contributed by atoms with Gasteiger partial charge in [-0.1, -0.05) is 61.7 Å². The maximum Gasteiger partial charge on any atom is 0.315 e. The summed E-state index contributed by atoms with van der Waals surface area (Å²) in [7, 11) is 0. The van der Waals surface area contributed by atoms with Crippen LogP contribution in [0, 0.1) is 0 Å². The minimum absolute atomic E-state index is 0.120. The van der Waals surface area contributed by atoms with Crippen LogP contribution in [-0.4, -0.2) is 49.6 Å². The van der Waals surface area contributed by atoms with Crippen molar-refractivity contribution in [3.05, 3.63) is 54.6 Å². The highest BCUT2D eigenvalue weighted by Crippen LogP contribution is 2.31. The van der Waals surface area contributed by atoms with Crippen LogP contribution in [-0.2, 0) is 9.47 Å². The molecule has 0 aromatic heterocycles. The fourth-order valence-corrected chi connectivity index (χ4v) is 4.86. The molecule has 2 aromatic carbocycles. The van der Waals surface area contributed by atoms with Gasteiger partial charge < -0.3 is 24.8 Å². The normalized spacial score (nSPS) is 28.1. The van der Waals surface area contributed by atoms with Crippen molar-refractivity contribution in [1.82, 2.24) is 10.6 Å². The quantitative estimate of drug-likeness (QED) is 0.767. The number of fused-ring (bicyclic) bond motifs is 1. The van der Waals surface area contributed by atoms with Crippen LogP contribution < -0.4 is 15.4 Å². The first-order valence-electron chi connectivity index (χ1n) is 11.4. The zero-order valence-electron chi connectivity index (χ0n) is 17.7. The van der Waals surface area contributed by atoms with Gasteiger partial charge in [-0.05, 0) is 36.1 Å². The number of amides is 2. The van der Waals surface area contributed by atoms with E-state index in [9.17, 15) is 4.79 Å². The lowest BCUT2D eigenvalue weighted by Gasteiger charge is -2.24. The monoisotopic (exact) mass is 422 g/mol. The highest BCUT2D eigenvalue weighted by Gasteiger charge is 2.49. The molecule has 3 aliphatic rings. The third kappa shape index (κ3) is 4.70. The summed E-state index contributed by atoms with van der Waals surface area (Å²) in [5, 5.41) is 6.16.